The number of likely N-dealkylation sites (N-methyl/N-ethyl adjacent to an activating group) is 1. The molecule has 6 heteroatoms. The van der Waals surface area contributed by atoms with Gasteiger partial charge in [-0.25, -0.2) is 0 Å². The van der Waals surface area contributed by atoms with Gasteiger partial charge < -0.3 is 9.80 Å². The topological polar surface area (TPSA) is 53.5 Å². The Kier molecular flexibility index (Phi) is 5.76. The molecule has 130 valence electrons. The standard InChI is InChI=1S/C18H25N3O2S/c1-20(11-8-14-6-9-19-10-7-14)18(23)16-12-24-13-21(16)17(22)15-4-2-3-5-15/h6-7,9-10,15-16H,2-5,8,11-13H2,1H3/t16-/m0/s1. The Hall–Kier alpha value is -1.56. The monoisotopic (exact) mass is 347 g/mol. The lowest BCUT2D eigenvalue weighted by Gasteiger charge is -2.29. The average molecular weight is 347 g/mol. The van der Waals surface area contributed by atoms with Crippen LogP contribution in [0.3, 0.4) is 0 Å². The molecule has 1 saturated carbocycles. The van der Waals surface area contributed by atoms with Gasteiger partial charge in [0.05, 0.1) is 5.88 Å². The number of thioether (sulfide) groups is 1. The Morgan fingerprint density at radius 1 is 1.29 bits per heavy atom. The largest absolute Gasteiger partial charge is 0.344 e. The number of rotatable bonds is 5. The summed E-state index contributed by atoms with van der Waals surface area (Å²) < 4.78 is 0. The normalized spacial score (nSPS) is 21.2. The van der Waals surface area contributed by atoms with E-state index in [1.807, 2.05) is 24.1 Å². The predicted molar refractivity (Wildman–Crippen MR) is 95.5 cm³/mol. The fourth-order valence-corrected chi connectivity index (χ4v) is 4.64. The maximum atomic E-state index is 12.8. The van der Waals surface area contributed by atoms with Gasteiger partial charge in [-0.05, 0) is 37.0 Å². The van der Waals surface area contributed by atoms with Crippen molar-refractivity contribution in [3.63, 3.8) is 0 Å². The minimum atomic E-state index is -0.287. The Balaban J connectivity index is 1.57. The first-order valence-corrected chi connectivity index (χ1v) is 9.84. The van der Waals surface area contributed by atoms with Gasteiger partial charge in [0.15, 0.2) is 0 Å². The third-order valence-corrected chi connectivity index (χ3v) is 6.03. The molecule has 1 aromatic heterocycles. The molecule has 3 rings (SSSR count). The van der Waals surface area contributed by atoms with Gasteiger partial charge in [-0.1, -0.05) is 12.8 Å². The number of hydrogen-bond donors (Lipinski definition) is 0. The van der Waals surface area contributed by atoms with Crippen LogP contribution in [0.5, 0.6) is 0 Å². The first-order chi connectivity index (χ1) is 11.7. The Labute approximate surface area is 147 Å². The second kappa shape index (κ2) is 8.01. The van der Waals surface area contributed by atoms with E-state index >= 15 is 0 Å². The zero-order valence-electron chi connectivity index (χ0n) is 14.2. The van der Waals surface area contributed by atoms with Gasteiger partial charge in [-0.15, -0.1) is 11.8 Å². The fraction of sp³-hybridized carbons (Fsp3) is 0.611. The molecular formula is C18H25N3O2S. The smallest absolute Gasteiger partial charge is 0.246 e. The molecule has 0 unspecified atom stereocenters. The zero-order chi connectivity index (χ0) is 16.9. The van der Waals surface area contributed by atoms with E-state index in [0.717, 1.165) is 37.9 Å². The van der Waals surface area contributed by atoms with Crippen molar-refractivity contribution in [3.8, 4) is 0 Å². The number of pyridine rings is 1. The molecule has 24 heavy (non-hydrogen) atoms. The van der Waals surface area contributed by atoms with Gasteiger partial charge in [-0.2, -0.15) is 0 Å². The van der Waals surface area contributed by atoms with E-state index in [0.29, 0.717) is 12.4 Å². The van der Waals surface area contributed by atoms with Gasteiger partial charge >= 0.3 is 0 Å². The number of carbonyl (C=O) groups excluding carboxylic acids is 2. The van der Waals surface area contributed by atoms with Crippen molar-refractivity contribution in [1.29, 1.82) is 0 Å². The highest BCUT2D eigenvalue weighted by atomic mass is 32.2. The number of carbonyl (C=O) groups is 2. The van der Waals surface area contributed by atoms with E-state index in [-0.39, 0.29) is 23.8 Å². The SMILES string of the molecule is CN(CCc1ccncc1)C(=O)[C@@H]1CSCN1C(=O)C1CCCC1. The van der Waals surface area contributed by atoms with Gasteiger partial charge in [-0.3, -0.25) is 14.6 Å². The van der Waals surface area contributed by atoms with Crippen molar-refractivity contribution in [2.24, 2.45) is 5.92 Å². The molecule has 1 aromatic rings. The van der Waals surface area contributed by atoms with Gasteiger partial charge in [0.1, 0.15) is 6.04 Å². The minimum Gasteiger partial charge on any atom is -0.344 e. The quantitative estimate of drug-likeness (QED) is 0.819. The fourth-order valence-electron chi connectivity index (χ4n) is 3.48. The summed E-state index contributed by atoms with van der Waals surface area (Å²) in [4.78, 5) is 33.1. The van der Waals surface area contributed by atoms with Crippen molar-refractivity contribution in [1.82, 2.24) is 14.8 Å². The molecule has 2 amide bonds. The lowest BCUT2D eigenvalue weighted by Crippen LogP contribution is -2.49. The van der Waals surface area contributed by atoms with E-state index in [1.54, 1.807) is 29.1 Å². The molecule has 1 aliphatic carbocycles. The lowest BCUT2D eigenvalue weighted by molar-refractivity contribution is -0.144. The second-order valence-corrected chi connectivity index (χ2v) is 7.67. The van der Waals surface area contributed by atoms with E-state index in [9.17, 15) is 9.59 Å². The maximum Gasteiger partial charge on any atom is 0.246 e. The van der Waals surface area contributed by atoms with Crippen molar-refractivity contribution in [2.45, 2.75) is 38.1 Å². The van der Waals surface area contributed by atoms with Crippen molar-refractivity contribution >= 4 is 23.6 Å². The summed E-state index contributed by atoms with van der Waals surface area (Å²) in [7, 11) is 1.84. The van der Waals surface area contributed by atoms with E-state index in [1.165, 1.54) is 5.56 Å². The van der Waals surface area contributed by atoms with Gasteiger partial charge in [0.2, 0.25) is 11.8 Å². The molecule has 2 heterocycles. The molecule has 2 fully saturated rings. The number of hydrogen-bond acceptors (Lipinski definition) is 4. The second-order valence-electron chi connectivity index (χ2n) is 6.67. The molecule has 5 nitrogen and oxygen atoms in total. The molecule has 0 N–H and O–H groups in total. The number of amides is 2. The molecule has 2 aliphatic rings. The summed E-state index contributed by atoms with van der Waals surface area (Å²) >= 11 is 1.69. The predicted octanol–water partition coefficient (Wildman–Crippen LogP) is 2.17. The molecule has 0 radical (unpaired) electrons. The van der Waals surface area contributed by atoms with Crippen molar-refractivity contribution in [2.75, 3.05) is 25.2 Å². The first-order valence-electron chi connectivity index (χ1n) is 8.69. The van der Waals surface area contributed by atoms with Crippen molar-refractivity contribution in [3.05, 3.63) is 30.1 Å². The summed E-state index contributed by atoms with van der Waals surface area (Å²) in [5.74, 6) is 1.78. The van der Waals surface area contributed by atoms with Gasteiger partial charge in [0.25, 0.3) is 0 Å². The van der Waals surface area contributed by atoms with E-state index in [4.69, 9.17) is 0 Å². The molecule has 1 aliphatic heterocycles. The number of nitrogens with zero attached hydrogens (tertiary/aromatic N) is 3. The minimum absolute atomic E-state index is 0.0698. The molecule has 0 aromatic carbocycles. The molecule has 1 atom stereocenters. The summed E-state index contributed by atoms with van der Waals surface area (Å²) in [5.41, 5.74) is 1.17. The lowest BCUT2D eigenvalue weighted by atomic mass is 10.1. The summed E-state index contributed by atoms with van der Waals surface area (Å²) in [5, 5.41) is 0. The zero-order valence-corrected chi connectivity index (χ0v) is 15.0. The Bertz CT molecular complexity index is 575. The summed E-state index contributed by atoms with van der Waals surface area (Å²) in [6.07, 6.45) is 8.60. The highest BCUT2D eigenvalue weighted by molar-refractivity contribution is 7.99. The third-order valence-electron chi connectivity index (χ3n) is 5.02. The summed E-state index contributed by atoms with van der Waals surface area (Å²) in [6.45, 7) is 0.662. The van der Waals surface area contributed by atoms with Crippen LogP contribution in [-0.2, 0) is 16.0 Å². The molecule has 0 spiro atoms. The van der Waals surface area contributed by atoms with Crippen LogP contribution in [0.2, 0.25) is 0 Å². The van der Waals surface area contributed by atoms with Gasteiger partial charge in [0, 0.05) is 37.7 Å². The Morgan fingerprint density at radius 3 is 2.71 bits per heavy atom. The summed E-state index contributed by atoms with van der Waals surface area (Å²) in [6, 6.07) is 3.66. The molecular weight excluding hydrogens is 322 g/mol. The molecule has 0 bridgehead atoms. The maximum absolute atomic E-state index is 12.8. The third kappa shape index (κ3) is 3.91. The average Bonchev–Trinajstić information content (AvgIpc) is 3.30. The van der Waals surface area contributed by atoms with Crippen LogP contribution in [0.1, 0.15) is 31.2 Å². The first kappa shape index (κ1) is 17.3. The van der Waals surface area contributed by atoms with Crippen molar-refractivity contribution < 1.29 is 9.59 Å². The van der Waals surface area contributed by atoms with E-state index < -0.39 is 0 Å². The van der Waals surface area contributed by atoms with E-state index in [2.05, 4.69) is 4.98 Å². The van der Waals surface area contributed by atoms with Crippen LogP contribution in [0.25, 0.3) is 0 Å². The van der Waals surface area contributed by atoms with Crippen LogP contribution >= 0.6 is 11.8 Å². The number of aromatic nitrogens is 1. The molecule has 1 saturated heterocycles. The highest BCUT2D eigenvalue weighted by Crippen LogP contribution is 2.31. The van der Waals surface area contributed by atoms with Crippen LogP contribution in [0.4, 0.5) is 0 Å². The van der Waals surface area contributed by atoms with Crippen LogP contribution in [0, 0.1) is 5.92 Å². The van der Waals surface area contributed by atoms with Crippen LogP contribution < -0.4 is 0 Å². The highest BCUT2D eigenvalue weighted by Gasteiger charge is 2.39. The van der Waals surface area contributed by atoms with Crippen LogP contribution in [-0.4, -0.2) is 57.9 Å². The van der Waals surface area contributed by atoms with Crippen LogP contribution in [0.15, 0.2) is 24.5 Å². The Morgan fingerprint density at radius 2 is 2.00 bits per heavy atom.